The third kappa shape index (κ3) is 3.63. The molecular formula is C43H26N2O. The Morgan fingerprint density at radius 1 is 0.435 bits per heavy atom. The Labute approximate surface area is 265 Å². The van der Waals surface area contributed by atoms with E-state index < -0.39 is 0 Å². The van der Waals surface area contributed by atoms with E-state index in [1.807, 2.05) is 6.20 Å². The Bertz CT molecular complexity index is 2670. The van der Waals surface area contributed by atoms with Crippen LogP contribution in [0.1, 0.15) is 0 Å². The molecule has 8 aromatic carbocycles. The van der Waals surface area contributed by atoms with Crippen molar-refractivity contribution in [2.24, 2.45) is 0 Å². The summed E-state index contributed by atoms with van der Waals surface area (Å²) < 4.78 is 6.67. The minimum atomic E-state index is 0.688. The third-order valence-electron chi connectivity index (χ3n) is 9.42. The summed E-state index contributed by atoms with van der Waals surface area (Å²) in [7, 11) is 0. The van der Waals surface area contributed by atoms with Crippen LogP contribution in [0.4, 0.5) is 17.1 Å². The second-order valence-corrected chi connectivity index (χ2v) is 12.0. The van der Waals surface area contributed by atoms with Crippen LogP contribution in [0.3, 0.4) is 0 Å². The Morgan fingerprint density at radius 3 is 1.96 bits per heavy atom. The zero-order chi connectivity index (χ0) is 30.2. The molecule has 0 aliphatic heterocycles. The monoisotopic (exact) mass is 586 g/mol. The number of hydrogen-bond acceptors (Lipinski definition) is 3. The molecule has 10 rings (SSSR count). The maximum atomic E-state index is 6.67. The van der Waals surface area contributed by atoms with Crippen LogP contribution in [0.5, 0.6) is 0 Å². The maximum Gasteiger partial charge on any atom is 0.227 e. The molecule has 2 heterocycles. The molecule has 0 saturated carbocycles. The van der Waals surface area contributed by atoms with Gasteiger partial charge in [0.05, 0.1) is 5.39 Å². The van der Waals surface area contributed by atoms with Crippen LogP contribution >= 0.6 is 0 Å². The predicted octanol–water partition coefficient (Wildman–Crippen LogP) is 12.1. The highest BCUT2D eigenvalue weighted by molar-refractivity contribution is 6.40. The van der Waals surface area contributed by atoms with Gasteiger partial charge in [-0.1, -0.05) is 103 Å². The van der Waals surface area contributed by atoms with E-state index in [4.69, 9.17) is 9.40 Å². The standard InChI is InChI=1S/C43H26N2O/c1-3-9-27(10-4-1)28-19-21-33(22-20-28)45(32-13-5-2-6-14-32)34-15-7-12-30(25-34)37-26-31-18-17-29-11-8-16-35-36-23-24-44-43-40(36)41(42(37)46-43)39(31)38(29)35/h1-26H. The van der Waals surface area contributed by atoms with E-state index in [9.17, 15) is 0 Å². The smallest absolute Gasteiger partial charge is 0.227 e. The highest BCUT2D eigenvalue weighted by Gasteiger charge is 2.24. The molecule has 0 saturated heterocycles. The first kappa shape index (κ1) is 25.2. The Morgan fingerprint density at radius 2 is 1.11 bits per heavy atom. The summed E-state index contributed by atoms with van der Waals surface area (Å²) in [5, 5.41) is 9.71. The molecule has 3 nitrogen and oxygen atoms in total. The van der Waals surface area contributed by atoms with Gasteiger partial charge < -0.3 is 9.32 Å². The molecule has 46 heavy (non-hydrogen) atoms. The van der Waals surface area contributed by atoms with Crippen LogP contribution in [0.2, 0.25) is 0 Å². The predicted molar refractivity (Wildman–Crippen MR) is 192 cm³/mol. The van der Waals surface area contributed by atoms with E-state index in [-0.39, 0.29) is 0 Å². The van der Waals surface area contributed by atoms with E-state index in [0.717, 1.165) is 44.5 Å². The summed E-state index contributed by atoms with van der Waals surface area (Å²) in [5.41, 5.74) is 9.42. The molecule has 0 fully saturated rings. The summed E-state index contributed by atoms with van der Waals surface area (Å²) >= 11 is 0. The van der Waals surface area contributed by atoms with Crippen LogP contribution in [0.15, 0.2) is 162 Å². The molecule has 10 aromatic rings. The largest absolute Gasteiger partial charge is 0.437 e. The minimum Gasteiger partial charge on any atom is -0.437 e. The zero-order valence-corrected chi connectivity index (χ0v) is 24.8. The number of benzene rings is 8. The van der Waals surface area contributed by atoms with Crippen molar-refractivity contribution in [3.05, 3.63) is 158 Å². The van der Waals surface area contributed by atoms with Gasteiger partial charge in [-0.05, 0) is 92.2 Å². The van der Waals surface area contributed by atoms with Crippen molar-refractivity contribution in [3.63, 3.8) is 0 Å². The van der Waals surface area contributed by atoms with E-state index in [1.165, 1.54) is 43.4 Å². The lowest BCUT2D eigenvalue weighted by atomic mass is 9.88. The second-order valence-electron chi connectivity index (χ2n) is 12.0. The molecule has 0 amide bonds. The van der Waals surface area contributed by atoms with E-state index in [0.29, 0.717) is 5.71 Å². The average molecular weight is 587 g/mol. The van der Waals surface area contributed by atoms with Crippen molar-refractivity contribution in [1.29, 1.82) is 0 Å². The summed E-state index contributed by atoms with van der Waals surface area (Å²) in [5.74, 6) is 0. The Kier molecular flexibility index (Phi) is 5.28. The van der Waals surface area contributed by atoms with Crippen LogP contribution in [-0.4, -0.2) is 4.98 Å². The molecule has 3 heteroatoms. The summed E-state index contributed by atoms with van der Waals surface area (Å²) in [4.78, 5) is 7.01. The molecule has 0 atom stereocenters. The Hall–Kier alpha value is -6.19. The number of rotatable bonds is 5. The summed E-state index contributed by atoms with van der Waals surface area (Å²) in [6.45, 7) is 0. The number of hydrogen-bond donors (Lipinski definition) is 0. The number of nitrogens with zero attached hydrogens (tertiary/aromatic N) is 2. The summed E-state index contributed by atoms with van der Waals surface area (Å²) in [6.07, 6.45) is 1.87. The van der Waals surface area contributed by atoms with Crippen molar-refractivity contribution in [3.8, 4) is 22.3 Å². The number of fused-ring (bicyclic) bond motifs is 1. The van der Waals surface area contributed by atoms with Crippen molar-refractivity contribution >= 4 is 71.4 Å². The van der Waals surface area contributed by atoms with Gasteiger partial charge in [0.1, 0.15) is 5.58 Å². The van der Waals surface area contributed by atoms with Crippen LogP contribution in [-0.2, 0) is 0 Å². The minimum absolute atomic E-state index is 0.688. The van der Waals surface area contributed by atoms with Gasteiger partial charge in [0.15, 0.2) is 0 Å². The molecule has 0 N–H and O–H groups in total. The number of pyridine rings is 1. The lowest BCUT2D eigenvalue weighted by Crippen LogP contribution is -2.09. The van der Waals surface area contributed by atoms with Gasteiger partial charge in [-0.25, -0.2) is 4.98 Å². The molecule has 0 aliphatic carbocycles. The highest BCUT2D eigenvalue weighted by Crippen LogP contribution is 2.49. The second kappa shape index (κ2) is 9.65. The molecule has 0 spiro atoms. The SMILES string of the molecule is c1ccc(-c2ccc(N(c3ccccc3)c3cccc(-c4cc5ccc6cccc7c8ccnc9oc4c(c98)c5c67)c3)cc2)cc1. The molecule has 0 radical (unpaired) electrons. The van der Waals surface area contributed by atoms with E-state index in [1.54, 1.807) is 0 Å². The molecule has 0 bridgehead atoms. The quantitative estimate of drug-likeness (QED) is 0.148. The normalized spacial score (nSPS) is 11.9. The molecular weight excluding hydrogens is 560 g/mol. The molecule has 2 aromatic heterocycles. The maximum absolute atomic E-state index is 6.67. The van der Waals surface area contributed by atoms with Crippen molar-refractivity contribution < 1.29 is 4.42 Å². The Balaban J connectivity index is 1.19. The number of furan rings is 1. The van der Waals surface area contributed by atoms with Gasteiger partial charge >= 0.3 is 0 Å². The van der Waals surface area contributed by atoms with Crippen LogP contribution in [0.25, 0.3) is 76.6 Å². The van der Waals surface area contributed by atoms with Gasteiger partial charge in [-0.3, -0.25) is 0 Å². The van der Waals surface area contributed by atoms with Crippen LogP contribution in [0, 0.1) is 0 Å². The number of anilines is 3. The average Bonchev–Trinajstić information content (AvgIpc) is 3.52. The zero-order valence-electron chi connectivity index (χ0n) is 24.8. The first-order chi connectivity index (χ1) is 22.8. The molecule has 0 aliphatic rings. The molecule has 214 valence electrons. The fourth-order valence-corrected chi connectivity index (χ4v) is 7.39. The summed E-state index contributed by atoms with van der Waals surface area (Å²) in [6, 6.07) is 54.2. The molecule has 0 unspecified atom stereocenters. The van der Waals surface area contributed by atoms with Crippen LogP contribution < -0.4 is 4.90 Å². The fourth-order valence-electron chi connectivity index (χ4n) is 7.39. The lowest BCUT2D eigenvalue weighted by Gasteiger charge is -2.26. The lowest BCUT2D eigenvalue weighted by molar-refractivity contribution is 0.655. The topological polar surface area (TPSA) is 29.3 Å². The van der Waals surface area contributed by atoms with Crippen molar-refractivity contribution in [2.45, 2.75) is 0 Å². The third-order valence-corrected chi connectivity index (χ3v) is 9.42. The van der Waals surface area contributed by atoms with E-state index in [2.05, 4.69) is 157 Å². The van der Waals surface area contributed by atoms with Gasteiger partial charge in [-0.2, -0.15) is 0 Å². The van der Waals surface area contributed by atoms with Gasteiger partial charge in [0.25, 0.3) is 0 Å². The highest BCUT2D eigenvalue weighted by atomic mass is 16.3. The fraction of sp³-hybridized carbons (Fsp3) is 0. The first-order valence-corrected chi connectivity index (χ1v) is 15.6. The van der Waals surface area contributed by atoms with Gasteiger partial charge in [-0.15, -0.1) is 0 Å². The van der Waals surface area contributed by atoms with Crippen molar-refractivity contribution in [2.75, 3.05) is 4.90 Å². The van der Waals surface area contributed by atoms with Gasteiger partial charge in [0.2, 0.25) is 5.71 Å². The van der Waals surface area contributed by atoms with Gasteiger partial charge in [0, 0.05) is 39.6 Å². The first-order valence-electron chi connectivity index (χ1n) is 15.6. The number of aromatic nitrogens is 1. The van der Waals surface area contributed by atoms with E-state index >= 15 is 0 Å². The van der Waals surface area contributed by atoms with Crippen molar-refractivity contribution in [1.82, 2.24) is 4.98 Å². The number of para-hydroxylation sites is 1.